The van der Waals surface area contributed by atoms with Gasteiger partial charge in [-0.15, -0.1) is 0 Å². The van der Waals surface area contributed by atoms with E-state index in [4.69, 9.17) is 4.84 Å². The zero-order chi connectivity index (χ0) is 13.2. The second kappa shape index (κ2) is 5.05. The first-order chi connectivity index (χ1) is 6.81. The molecule has 0 radical (unpaired) electrons. The van der Waals surface area contributed by atoms with Crippen LogP contribution >= 0.6 is 0 Å². The van der Waals surface area contributed by atoms with Gasteiger partial charge in [-0.2, -0.15) is 5.06 Å². The average Bonchev–Trinajstić information content (AvgIpc) is 1.70. The summed E-state index contributed by atoms with van der Waals surface area (Å²) < 4.78 is 0. The second-order valence-electron chi connectivity index (χ2n) is 7.89. The molecule has 0 unspecified atom stereocenters. The van der Waals surface area contributed by atoms with E-state index in [0.717, 1.165) is 6.54 Å². The lowest BCUT2D eigenvalue weighted by Crippen LogP contribution is -2.38. The summed E-state index contributed by atoms with van der Waals surface area (Å²) >= 11 is 0. The molecular formula is C14H31NO. The molecule has 0 bridgehead atoms. The first kappa shape index (κ1) is 15.9. The molecule has 0 aliphatic rings. The van der Waals surface area contributed by atoms with E-state index in [2.05, 4.69) is 55.4 Å². The minimum Gasteiger partial charge on any atom is -0.294 e. The minimum atomic E-state index is -0.105. The van der Waals surface area contributed by atoms with Crippen LogP contribution in [0.3, 0.4) is 0 Å². The first-order valence-electron chi connectivity index (χ1n) is 6.21. The van der Waals surface area contributed by atoms with Gasteiger partial charge < -0.3 is 0 Å². The number of nitrogens with zero attached hydrogens (tertiary/aromatic N) is 1. The zero-order valence-electron chi connectivity index (χ0n) is 12.8. The van der Waals surface area contributed by atoms with Gasteiger partial charge in [0, 0.05) is 13.6 Å². The van der Waals surface area contributed by atoms with Crippen molar-refractivity contribution < 1.29 is 4.84 Å². The number of hydrogen-bond acceptors (Lipinski definition) is 2. The van der Waals surface area contributed by atoms with Crippen LogP contribution in [-0.4, -0.2) is 24.3 Å². The molecule has 16 heavy (non-hydrogen) atoms. The Morgan fingerprint density at radius 2 is 1.31 bits per heavy atom. The Bertz CT molecular complexity index is 208. The fourth-order valence-corrected chi connectivity index (χ4v) is 2.59. The van der Waals surface area contributed by atoms with E-state index in [1.807, 2.05) is 12.1 Å². The predicted molar refractivity (Wildman–Crippen MR) is 71.3 cm³/mol. The van der Waals surface area contributed by atoms with E-state index in [0.29, 0.717) is 5.41 Å². The highest BCUT2D eigenvalue weighted by atomic mass is 16.7. The molecule has 0 aromatic carbocycles. The highest BCUT2D eigenvalue weighted by Crippen LogP contribution is 2.33. The largest absolute Gasteiger partial charge is 0.294 e. The smallest absolute Gasteiger partial charge is 0.0815 e. The Morgan fingerprint density at radius 3 is 1.62 bits per heavy atom. The van der Waals surface area contributed by atoms with Crippen molar-refractivity contribution in [2.75, 3.05) is 13.6 Å². The average molecular weight is 229 g/mol. The Hall–Kier alpha value is -0.0800. The molecule has 0 aliphatic carbocycles. The minimum absolute atomic E-state index is 0.105. The maximum absolute atomic E-state index is 5.82. The molecular weight excluding hydrogens is 198 g/mol. The van der Waals surface area contributed by atoms with Gasteiger partial charge in [0.25, 0.3) is 0 Å². The van der Waals surface area contributed by atoms with Crippen molar-refractivity contribution in [3.63, 3.8) is 0 Å². The van der Waals surface area contributed by atoms with Crippen molar-refractivity contribution >= 4 is 0 Å². The second-order valence-corrected chi connectivity index (χ2v) is 7.89. The summed E-state index contributed by atoms with van der Waals surface area (Å²) in [5.41, 5.74) is 0.539. The quantitative estimate of drug-likeness (QED) is 0.673. The van der Waals surface area contributed by atoms with Crippen LogP contribution in [0.5, 0.6) is 0 Å². The van der Waals surface area contributed by atoms with E-state index >= 15 is 0 Å². The van der Waals surface area contributed by atoms with Crippen molar-refractivity contribution in [3.8, 4) is 0 Å². The zero-order valence-corrected chi connectivity index (χ0v) is 12.8. The van der Waals surface area contributed by atoms with Crippen LogP contribution in [0.4, 0.5) is 0 Å². The van der Waals surface area contributed by atoms with E-state index in [9.17, 15) is 0 Å². The molecule has 0 rings (SSSR count). The van der Waals surface area contributed by atoms with Crippen LogP contribution < -0.4 is 0 Å². The van der Waals surface area contributed by atoms with Gasteiger partial charge in [-0.05, 0) is 38.0 Å². The molecule has 0 aliphatic heterocycles. The van der Waals surface area contributed by atoms with Gasteiger partial charge in [0.1, 0.15) is 0 Å². The van der Waals surface area contributed by atoms with Crippen LogP contribution in [0, 0.1) is 10.8 Å². The van der Waals surface area contributed by atoms with E-state index in [1.165, 1.54) is 6.42 Å². The van der Waals surface area contributed by atoms with Gasteiger partial charge in [-0.1, -0.05) is 34.6 Å². The molecule has 0 atom stereocenters. The summed E-state index contributed by atoms with van der Waals surface area (Å²) in [6, 6.07) is 0. The van der Waals surface area contributed by atoms with Gasteiger partial charge >= 0.3 is 0 Å². The third-order valence-corrected chi connectivity index (χ3v) is 2.09. The summed E-state index contributed by atoms with van der Waals surface area (Å²) in [5.74, 6) is 0. The SMILES string of the molecule is CN(CC(C)(C)CC(C)(C)C)OC(C)(C)C. The van der Waals surface area contributed by atoms with E-state index < -0.39 is 0 Å². The predicted octanol–water partition coefficient (Wildman–Crippen LogP) is 4.11. The monoisotopic (exact) mass is 229 g/mol. The third kappa shape index (κ3) is 9.17. The molecule has 2 nitrogen and oxygen atoms in total. The standard InChI is InChI=1S/C14H31NO/c1-12(2,3)10-14(7,8)11-15(9)16-13(4,5)6/h10-11H2,1-9H3. The van der Waals surface area contributed by atoms with Crippen molar-refractivity contribution in [1.29, 1.82) is 0 Å². The Balaban J connectivity index is 4.26. The van der Waals surface area contributed by atoms with E-state index in [-0.39, 0.29) is 11.0 Å². The fourth-order valence-electron chi connectivity index (χ4n) is 2.59. The van der Waals surface area contributed by atoms with Crippen molar-refractivity contribution in [2.24, 2.45) is 10.8 Å². The normalized spacial score (nSPS) is 14.6. The van der Waals surface area contributed by atoms with Crippen LogP contribution in [0.25, 0.3) is 0 Å². The lowest BCUT2D eigenvalue weighted by atomic mass is 9.76. The molecule has 0 aromatic heterocycles. The lowest BCUT2D eigenvalue weighted by Gasteiger charge is -2.37. The fraction of sp³-hybridized carbons (Fsp3) is 1.00. The molecule has 0 aromatic rings. The number of hydrogen-bond donors (Lipinski definition) is 0. The van der Waals surface area contributed by atoms with Gasteiger partial charge in [0.2, 0.25) is 0 Å². The third-order valence-electron chi connectivity index (χ3n) is 2.09. The molecule has 0 amide bonds. The highest BCUT2D eigenvalue weighted by Gasteiger charge is 2.28. The maximum atomic E-state index is 5.82. The Labute approximate surface area is 102 Å². The molecule has 2 heteroatoms. The van der Waals surface area contributed by atoms with Crippen LogP contribution in [0.2, 0.25) is 0 Å². The molecule has 0 saturated heterocycles. The lowest BCUT2D eigenvalue weighted by molar-refractivity contribution is -0.225. The number of rotatable bonds is 4. The summed E-state index contributed by atoms with van der Waals surface area (Å²) in [7, 11) is 2.02. The van der Waals surface area contributed by atoms with Crippen LogP contribution in [0.1, 0.15) is 61.8 Å². The van der Waals surface area contributed by atoms with E-state index in [1.54, 1.807) is 0 Å². The summed E-state index contributed by atoms with van der Waals surface area (Å²) in [6.07, 6.45) is 1.19. The number of hydroxylamine groups is 2. The van der Waals surface area contributed by atoms with Gasteiger partial charge in [0.15, 0.2) is 0 Å². The first-order valence-corrected chi connectivity index (χ1v) is 6.21. The summed E-state index contributed by atoms with van der Waals surface area (Å²) in [5, 5.41) is 1.98. The molecule has 0 fully saturated rings. The molecule has 98 valence electrons. The van der Waals surface area contributed by atoms with Crippen molar-refractivity contribution in [1.82, 2.24) is 5.06 Å². The van der Waals surface area contributed by atoms with Crippen LogP contribution in [-0.2, 0) is 4.84 Å². The van der Waals surface area contributed by atoms with Crippen LogP contribution in [0.15, 0.2) is 0 Å². The molecule has 0 saturated carbocycles. The van der Waals surface area contributed by atoms with Crippen molar-refractivity contribution in [3.05, 3.63) is 0 Å². The molecule has 0 N–H and O–H groups in total. The Morgan fingerprint density at radius 1 is 0.875 bits per heavy atom. The summed E-state index contributed by atoms with van der Waals surface area (Å²) in [4.78, 5) is 5.82. The summed E-state index contributed by atoms with van der Waals surface area (Å²) in [6.45, 7) is 18.7. The van der Waals surface area contributed by atoms with Gasteiger partial charge in [0.05, 0.1) is 5.60 Å². The maximum Gasteiger partial charge on any atom is 0.0815 e. The molecule has 0 heterocycles. The van der Waals surface area contributed by atoms with Crippen molar-refractivity contribution in [2.45, 2.75) is 67.4 Å². The topological polar surface area (TPSA) is 12.5 Å². The Kier molecular flexibility index (Phi) is 5.03. The highest BCUT2D eigenvalue weighted by molar-refractivity contribution is 4.77. The molecule has 0 spiro atoms. The van der Waals surface area contributed by atoms with Gasteiger partial charge in [-0.3, -0.25) is 4.84 Å². The van der Waals surface area contributed by atoms with Gasteiger partial charge in [-0.25, -0.2) is 0 Å².